The van der Waals surface area contributed by atoms with Gasteiger partial charge in [0.25, 0.3) is 5.91 Å². The third-order valence-electron chi connectivity index (χ3n) is 3.46. The van der Waals surface area contributed by atoms with Gasteiger partial charge in [0, 0.05) is 31.5 Å². The van der Waals surface area contributed by atoms with E-state index in [-0.39, 0.29) is 11.3 Å². The maximum Gasteiger partial charge on any atom is 0.259 e. The van der Waals surface area contributed by atoms with Crippen LogP contribution in [0.3, 0.4) is 0 Å². The first-order valence-corrected chi connectivity index (χ1v) is 10.8. The molecule has 2 heterocycles. The van der Waals surface area contributed by atoms with E-state index in [0.29, 0.717) is 12.5 Å². The molecule has 0 radical (unpaired) electrons. The first-order valence-electron chi connectivity index (χ1n) is 7.33. The normalized spacial score (nSPS) is 20.7. The predicted molar refractivity (Wildman–Crippen MR) is 89.2 cm³/mol. The lowest BCUT2D eigenvalue weighted by Crippen LogP contribution is -2.33. The minimum atomic E-state index is -1.42. The Morgan fingerprint density at radius 2 is 1.91 bits per heavy atom. The summed E-state index contributed by atoms with van der Waals surface area (Å²) in [6, 6.07) is 0. The second-order valence-electron chi connectivity index (χ2n) is 7.30. The fourth-order valence-electron chi connectivity index (χ4n) is 2.42. The highest BCUT2D eigenvalue weighted by molar-refractivity contribution is 6.83. The number of anilines is 1. The molecule has 1 fully saturated rings. The molecule has 1 aliphatic rings. The van der Waals surface area contributed by atoms with Gasteiger partial charge in [-0.15, -0.1) is 5.54 Å². The minimum Gasteiger partial charge on any atom is -0.371 e. The molecular formula is C16H23N3O2Si. The predicted octanol–water partition coefficient (Wildman–Crippen LogP) is 2.09. The molecule has 118 valence electrons. The molecule has 22 heavy (non-hydrogen) atoms. The Balaban J connectivity index is 2.21. The van der Waals surface area contributed by atoms with Crippen molar-refractivity contribution in [2.45, 2.75) is 39.6 Å². The van der Waals surface area contributed by atoms with Crippen LogP contribution in [0.2, 0.25) is 19.6 Å². The van der Waals surface area contributed by atoms with E-state index in [0.717, 1.165) is 5.56 Å². The Kier molecular flexibility index (Phi) is 4.41. The van der Waals surface area contributed by atoms with Crippen molar-refractivity contribution in [3.8, 4) is 11.5 Å². The van der Waals surface area contributed by atoms with E-state index >= 15 is 0 Å². The molecule has 1 atom stereocenters. The molecule has 1 saturated heterocycles. The highest BCUT2D eigenvalue weighted by atomic mass is 28.3. The third kappa shape index (κ3) is 3.54. The molecule has 0 spiro atoms. The molecule has 0 aliphatic carbocycles. The zero-order chi connectivity index (χ0) is 16.5. The summed E-state index contributed by atoms with van der Waals surface area (Å²) in [6.45, 7) is 11.1. The Labute approximate surface area is 133 Å². The van der Waals surface area contributed by atoms with Crippen molar-refractivity contribution in [2.75, 3.05) is 18.6 Å². The van der Waals surface area contributed by atoms with Crippen LogP contribution in [0.5, 0.6) is 0 Å². The van der Waals surface area contributed by atoms with Crippen LogP contribution in [0.15, 0.2) is 12.4 Å². The van der Waals surface area contributed by atoms with Crippen LogP contribution in [0, 0.1) is 16.9 Å². The molecular weight excluding hydrogens is 294 g/mol. The smallest absolute Gasteiger partial charge is 0.259 e. The molecule has 1 amide bonds. The number of ether oxygens (including phenoxy) is 1. The van der Waals surface area contributed by atoms with Gasteiger partial charge in [0.2, 0.25) is 5.95 Å². The van der Waals surface area contributed by atoms with Gasteiger partial charge in [-0.05, 0) is 0 Å². The van der Waals surface area contributed by atoms with Crippen molar-refractivity contribution in [1.29, 1.82) is 0 Å². The number of hydrogen-bond donors (Lipinski definition) is 0. The van der Waals surface area contributed by atoms with Gasteiger partial charge in [-0.25, -0.2) is 9.97 Å². The topological polar surface area (TPSA) is 55.3 Å². The van der Waals surface area contributed by atoms with Gasteiger partial charge in [0.1, 0.15) is 14.2 Å². The van der Waals surface area contributed by atoms with Crippen LogP contribution >= 0.6 is 0 Å². The van der Waals surface area contributed by atoms with Crippen LogP contribution in [0.1, 0.15) is 19.4 Å². The second-order valence-corrected chi connectivity index (χ2v) is 12.1. The van der Waals surface area contributed by atoms with Gasteiger partial charge >= 0.3 is 0 Å². The average molecular weight is 317 g/mol. The first kappa shape index (κ1) is 16.7. The molecule has 1 aromatic heterocycles. The minimum absolute atomic E-state index is 0.0894. The van der Waals surface area contributed by atoms with Crippen molar-refractivity contribution >= 4 is 19.9 Å². The Morgan fingerprint density at radius 3 is 2.36 bits per heavy atom. The largest absolute Gasteiger partial charge is 0.371 e. The van der Waals surface area contributed by atoms with Gasteiger partial charge in [0.15, 0.2) is 0 Å². The molecule has 5 nitrogen and oxygen atoms in total. The summed E-state index contributed by atoms with van der Waals surface area (Å²) in [5.41, 5.74) is 3.79. The molecule has 0 bridgehead atoms. The number of amides is 1. The zero-order valence-corrected chi connectivity index (χ0v) is 15.1. The van der Waals surface area contributed by atoms with Gasteiger partial charge in [-0.3, -0.25) is 9.69 Å². The molecule has 0 aromatic carbocycles. The lowest BCUT2D eigenvalue weighted by Gasteiger charge is -2.21. The summed E-state index contributed by atoms with van der Waals surface area (Å²) in [7, 11) is 0.138. The van der Waals surface area contributed by atoms with Crippen molar-refractivity contribution in [1.82, 2.24) is 9.97 Å². The molecule has 0 N–H and O–H groups in total. The third-order valence-corrected chi connectivity index (χ3v) is 4.34. The van der Waals surface area contributed by atoms with Crippen LogP contribution in [0.25, 0.3) is 0 Å². The SMILES string of the molecule is COC1C(=O)N(c2ncc(C#C[Si](C)(C)C)cn2)CC1(C)C. The monoisotopic (exact) mass is 317 g/mol. The maximum absolute atomic E-state index is 12.4. The van der Waals surface area contributed by atoms with Gasteiger partial charge in [-0.1, -0.05) is 39.4 Å². The quantitative estimate of drug-likeness (QED) is 0.619. The molecule has 0 saturated carbocycles. The van der Waals surface area contributed by atoms with Crippen molar-refractivity contribution in [3.63, 3.8) is 0 Å². The van der Waals surface area contributed by atoms with E-state index in [2.05, 4.69) is 41.1 Å². The Bertz CT molecular complexity index is 624. The fraction of sp³-hybridized carbons (Fsp3) is 0.562. The fourth-order valence-corrected chi connectivity index (χ4v) is 2.94. The number of carbonyl (C=O) groups excluding carboxylic acids is 1. The second kappa shape index (κ2) is 5.82. The molecule has 1 unspecified atom stereocenters. The van der Waals surface area contributed by atoms with Gasteiger partial charge in [-0.2, -0.15) is 0 Å². The van der Waals surface area contributed by atoms with E-state index < -0.39 is 14.2 Å². The summed E-state index contributed by atoms with van der Waals surface area (Å²) in [5.74, 6) is 3.43. The van der Waals surface area contributed by atoms with E-state index in [4.69, 9.17) is 4.74 Å². The van der Waals surface area contributed by atoms with E-state index in [1.807, 2.05) is 13.8 Å². The molecule has 2 rings (SSSR count). The zero-order valence-electron chi connectivity index (χ0n) is 14.1. The Hall–Kier alpha value is -1.71. The van der Waals surface area contributed by atoms with Gasteiger partial charge in [0.05, 0.1) is 5.56 Å². The number of nitrogens with zero attached hydrogens (tertiary/aromatic N) is 3. The average Bonchev–Trinajstić information content (AvgIpc) is 2.66. The first-order chi connectivity index (χ1) is 10.1. The number of methoxy groups -OCH3 is 1. The number of carbonyl (C=O) groups is 1. The van der Waals surface area contributed by atoms with E-state index in [1.54, 1.807) is 24.4 Å². The van der Waals surface area contributed by atoms with E-state index in [9.17, 15) is 4.79 Å². The standard InChI is InChI=1S/C16H23N3O2Si/c1-16(2)11-19(14(20)13(16)21-3)15-17-9-12(10-18-15)7-8-22(4,5)6/h9-10,13H,11H2,1-6H3. The lowest BCUT2D eigenvalue weighted by molar-refractivity contribution is -0.128. The summed E-state index contributed by atoms with van der Waals surface area (Å²) < 4.78 is 5.33. The summed E-state index contributed by atoms with van der Waals surface area (Å²) >= 11 is 0. The van der Waals surface area contributed by atoms with Crippen LogP contribution in [-0.2, 0) is 9.53 Å². The van der Waals surface area contributed by atoms with Crippen LogP contribution in [0.4, 0.5) is 5.95 Å². The van der Waals surface area contributed by atoms with Gasteiger partial charge < -0.3 is 4.74 Å². The summed E-state index contributed by atoms with van der Waals surface area (Å²) in [6.07, 6.45) is 2.90. The number of rotatable bonds is 2. The highest BCUT2D eigenvalue weighted by Gasteiger charge is 2.47. The Morgan fingerprint density at radius 1 is 1.32 bits per heavy atom. The number of aromatic nitrogens is 2. The summed E-state index contributed by atoms with van der Waals surface area (Å²) in [4.78, 5) is 22.6. The van der Waals surface area contributed by atoms with Crippen molar-refractivity contribution in [2.24, 2.45) is 5.41 Å². The van der Waals surface area contributed by atoms with E-state index in [1.165, 1.54) is 0 Å². The van der Waals surface area contributed by atoms with Crippen molar-refractivity contribution < 1.29 is 9.53 Å². The molecule has 1 aliphatic heterocycles. The number of hydrogen-bond acceptors (Lipinski definition) is 4. The lowest BCUT2D eigenvalue weighted by atomic mass is 9.90. The molecule has 6 heteroatoms. The molecule has 1 aromatic rings. The summed E-state index contributed by atoms with van der Waals surface area (Å²) in [5, 5.41) is 0. The highest BCUT2D eigenvalue weighted by Crippen LogP contribution is 2.34. The maximum atomic E-state index is 12.4. The van der Waals surface area contributed by atoms with Crippen molar-refractivity contribution in [3.05, 3.63) is 18.0 Å². The van der Waals surface area contributed by atoms with Crippen LogP contribution < -0.4 is 4.90 Å². The van der Waals surface area contributed by atoms with Crippen LogP contribution in [-0.4, -0.2) is 43.7 Å².